The maximum atomic E-state index is 2.75. The lowest BCUT2D eigenvalue weighted by Gasteiger charge is -2.41. The highest BCUT2D eigenvalue weighted by Gasteiger charge is 2.28. The molecule has 112 valence electrons. The molecule has 2 aliphatic heterocycles. The second-order valence-corrected chi connectivity index (χ2v) is 7.30. The van der Waals surface area contributed by atoms with Crippen molar-refractivity contribution in [2.24, 2.45) is 23.7 Å². The van der Waals surface area contributed by atoms with E-state index in [1.807, 2.05) is 0 Å². The van der Waals surface area contributed by atoms with Crippen LogP contribution in [0.4, 0.5) is 0 Å². The van der Waals surface area contributed by atoms with Gasteiger partial charge in [-0.15, -0.1) is 0 Å². The predicted octanol–water partition coefficient (Wildman–Crippen LogP) is 3.33. The van der Waals surface area contributed by atoms with Gasteiger partial charge in [0.2, 0.25) is 0 Å². The van der Waals surface area contributed by atoms with Crippen LogP contribution < -0.4 is 0 Å². The number of nitrogens with zero attached hydrogens (tertiary/aromatic N) is 2. The lowest BCUT2D eigenvalue weighted by molar-refractivity contribution is 0.0784. The van der Waals surface area contributed by atoms with Crippen molar-refractivity contribution in [2.75, 3.05) is 39.3 Å². The largest absolute Gasteiger partial charge is 0.303 e. The molecule has 0 radical (unpaired) electrons. The lowest BCUT2D eigenvalue weighted by Crippen LogP contribution is -2.45. The maximum Gasteiger partial charge on any atom is 0.00132 e. The topological polar surface area (TPSA) is 6.48 Å². The van der Waals surface area contributed by atoms with Crippen molar-refractivity contribution in [2.45, 2.75) is 47.0 Å². The summed E-state index contributed by atoms with van der Waals surface area (Å²) in [6.45, 7) is 17.5. The fraction of sp³-hybridized carbons (Fsp3) is 1.00. The zero-order valence-corrected chi connectivity index (χ0v) is 13.6. The van der Waals surface area contributed by atoms with Gasteiger partial charge in [0.25, 0.3) is 0 Å². The molecule has 2 aliphatic rings. The summed E-state index contributed by atoms with van der Waals surface area (Å²) in [6.07, 6.45) is 4.28. The first-order chi connectivity index (χ1) is 9.10. The SMILES string of the molecule is CCN1CC[C@@H](CN2CCC(C(C)C)CC2)[C@@H](C)C1. The van der Waals surface area contributed by atoms with Crippen molar-refractivity contribution < 1.29 is 0 Å². The number of hydrogen-bond donors (Lipinski definition) is 0. The second kappa shape index (κ2) is 7.08. The summed E-state index contributed by atoms with van der Waals surface area (Å²) in [5.41, 5.74) is 0. The Labute approximate surface area is 120 Å². The minimum Gasteiger partial charge on any atom is -0.303 e. The Balaban J connectivity index is 1.74. The van der Waals surface area contributed by atoms with E-state index in [2.05, 4.69) is 37.5 Å². The van der Waals surface area contributed by atoms with Crippen LogP contribution in [0, 0.1) is 23.7 Å². The van der Waals surface area contributed by atoms with Gasteiger partial charge < -0.3 is 9.80 Å². The lowest BCUT2D eigenvalue weighted by atomic mass is 9.84. The first-order valence-corrected chi connectivity index (χ1v) is 8.54. The predicted molar refractivity (Wildman–Crippen MR) is 83.4 cm³/mol. The summed E-state index contributed by atoms with van der Waals surface area (Å²) in [7, 11) is 0. The fourth-order valence-electron chi connectivity index (χ4n) is 3.97. The van der Waals surface area contributed by atoms with E-state index in [0.29, 0.717) is 0 Å². The van der Waals surface area contributed by atoms with Gasteiger partial charge in [0.1, 0.15) is 0 Å². The van der Waals surface area contributed by atoms with Crippen molar-refractivity contribution >= 4 is 0 Å². The van der Waals surface area contributed by atoms with Crippen molar-refractivity contribution in [3.05, 3.63) is 0 Å². The molecule has 0 amide bonds. The van der Waals surface area contributed by atoms with Crippen LogP contribution >= 0.6 is 0 Å². The Morgan fingerprint density at radius 3 is 2.16 bits per heavy atom. The quantitative estimate of drug-likeness (QED) is 0.770. The average Bonchev–Trinajstić information content (AvgIpc) is 2.41. The Bertz CT molecular complexity index is 256. The van der Waals surface area contributed by atoms with E-state index in [-0.39, 0.29) is 0 Å². The highest BCUT2D eigenvalue weighted by Crippen LogP contribution is 2.28. The van der Waals surface area contributed by atoms with Crippen molar-refractivity contribution in [1.82, 2.24) is 9.80 Å². The molecule has 2 nitrogen and oxygen atoms in total. The van der Waals surface area contributed by atoms with Crippen LogP contribution in [0.5, 0.6) is 0 Å². The number of hydrogen-bond acceptors (Lipinski definition) is 2. The minimum absolute atomic E-state index is 0.883. The van der Waals surface area contributed by atoms with E-state index in [9.17, 15) is 0 Å². The summed E-state index contributed by atoms with van der Waals surface area (Å²) in [5.74, 6) is 3.69. The molecule has 0 N–H and O–H groups in total. The van der Waals surface area contributed by atoms with Crippen LogP contribution in [0.2, 0.25) is 0 Å². The Kier molecular flexibility index (Phi) is 5.70. The molecule has 0 spiro atoms. The van der Waals surface area contributed by atoms with Crippen LogP contribution in [-0.2, 0) is 0 Å². The number of rotatable bonds is 4. The first-order valence-electron chi connectivity index (χ1n) is 8.54. The van der Waals surface area contributed by atoms with Gasteiger partial charge in [-0.3, -0.25) is 0 Å². The molecule has 0 unspecified atom stereocenters. The zero-order valence-electron chi connectivity index (χ0n) is 13.6. The highest BCUT2D eigenvalue weighted by molar-refractivity contribution is 4.82. The van der Waals surface area contributed by atoms with E-state index in [0.717, 1.165) is 23.7 Å². The Morgan fingerprint density at radius 1 is 1.00 bits per heavy atom. The van der Waals surface area contributed by atoms with Crippen LogP contribution in [0.15, 0.2) is 0 Å². The normalized spacial score (nSPS) is 32.1. The molecule has 0 saturated carbocycles. The standard InChI is InChI=1S/C17H34N2/c1-5-18-9-8-17(15(4)12-18)13-19-10-6-16(7-11-19)14(2)3/h14-17H,5-13H2,1-4H3/t15-,17-/m0/s1. The van der Waals surface area contributed by atoms with Crippen LogP contribution in [0.25, 0.3) is 0 Å². The molecule has 2 atom stereocenters. The molecule has 2 heteroatoms. The van der Waals surface area contributed by atoms with Gasteiger partial charge in [0, 0.05) is 13.1 Å². The fourth-order valence-corrected chi connectivity index (χ4v) is 3.97. The van der Waals surface area contributed by atoms with E-state index in [1.54, 1.807) is 0 Å². The molecule has 0 aromatic heterocycles. The zero-order chi connectivity index (χ0) is 13.8. The van der Waals surface area contributed by atoms with E-state index in [1.165, 1.54) is 58.5 Å². The molecule has 0 bridgehead atoms. The van der Waals surface area contributed by atoms with Gasteiger partial charge in [-0.25, -0.2) is 0 Å². The Morgan fingerprint density at radius 2 is 1.63 bits per heavy atom. The smallest absolute Gasteiger partial charge is 0.00132 e. The molecule has 0 aliphatic carbocycles. The van der Waals surface area contributed by atoms with Crippen LogP contribution in [-0.4, -0.2) is 49.1 Å². The van der Waals surface area contributed by atoms with Gasteiger partial charge >= 0.3 is 0 Å². The summed E-state index contributed by atoms with van der Waals surface area (Å²) < 4.78 is 0. The van der Waals surface area contributed by atoms with Gasteiger partial charge in [0.05, 0.1) is 0 Å². The molecular formula is C17H34N2. The van der Waals surface area contributed by atoms with Crippen molar-refractivity contribution in [3.8, 4) is 0 Å². The van der Waals surface area contributed by atoms with Crippen LogP contribution in [0.1, 0.15) is 47.0 Å². The molecule has 2 heterocycles. The third kappa shape index (κ3) is 4.19. The van der Waals surface area contributed by atoms with E-state index in [4.69, 9.17) is 0 Å². The van der Waals surface area contributed by atoms with Crippen molar-refractivity contribution in [3.63, 3.8) is 0 Å². The second-order valence-electron chi connectivity index (χ2n) is 7.30. The molecule has 19 heavy (non-hydrogen) atoms. The minimum atomic E-state index is 0.883. The maximum absolute atomic E-state index is 2.75. The summed E-state index contributed by atoms with van der Waals surface area (Å²) >= 11 is 0. The van der Waals surface area contributed by atoms with E-state index < -0.39 is 0 Å². The third-order valence-electron chi connectivity index (χ3n) is 5.68. The molecule has 2 saturated heterocycles. The third-order valence-corrected chi connectivity index (χ3v) is 5.68. The summed E-state index contributed by atoms with van der Waals surface area (Å²) in [5, 5.41) is 0. The highest BCUT2D eigenvalue weighted by atomic mass is 15.2. The van der Waals surface area contributed by atoms with Gasteiger partial charge in [-0.05, 0) is 69.1 Å². The molecule has 0 aromatic carbocycles. The van der Waals surface area contributed by atoms with E-state index >= 15 is 0 Å². The monoisotopic (exact) mass is 266 g/mol. The van der Waals surface area contributed by atoms with Crippen molar-refractivity contribution in [1.29, 1.82) is 0 Å². The Hall–Kier alpha value is -0.0800. The summed E-state index contributed by atoms with van der Waals surface area (Å²) in [6, 6.07) is 0. The van der Waals surface area contributed by atoms with Gasteiger partial charge in [-0.1, -0.05) is 27.7 Å². The molecular weight excluding hydrogens is 232 g/mol. The molecule has 0 aromatic rings. The van der Waals surface area contributed by atoms with Gasteiger partial charge in [0.15, 0.2) is 0 Å². The molecule has 2 fully saturated rings. The van der Waals surface area contributed by atoms with Crippen LogP contribution in [0.3, 0.4) is 0 Å². The van der Waals surface area contributed by atoms with Gasteiger partial charge in [-0.2, -0.15) is 0 Å². The number of piperidine rings is 2. The first kappa shape index (κ1) is 15.3. The average molecular weight is 266 g/mol. The molecule has 2 rings (SSSR count). The number of likely N-dealkylation sites (tertiary alicyclic amines) is 2. The summed E-state index contributed by atoms with van der Waals surface area (Å²) in [4.78, 5) is 5.37.